The molecule has 0 aromatic heterocycles. The lowest BCUT2D eigenvalue weighted by Gasteiger charge is -2.24. The molecule has 1 aromatic rings. The molecule has 1 aromatic carbocycles. The molecule has 6 heteroatoms. The van der Waals surface area contributed by atoms with Crippen molar-refractivity contribution in [2.45, 2.75) is 31.2 Å². The quantitative estimate of drug-likeness (QED) is 0.852. The second kappa shape index (κ2) is 4.97. The molecule has 0 aliphatic carbocycles. The zero-order valence-electron chi connectivity index (χ0n) is 10.6. The number of nitrogens with one attached hydrogen (secondary N) is 1. The third-order valence-electron chi connectivity index (χ3n) is 2.58. The number of para-hydroxylation sites is 1. The van der Waals surface area contributed by atoms with Gasteiger partial charge in [0.15, 0.2) is 9.84 Å². The first-order valence-electron chi connectivity index (χ1n) is 5.54. The summed E-state index contributed by atoms with van der Waals surface area (Å²) in [5.74, 6) is -1.08. The van der Waals surface area contributed by atoms with Crippen LogP contribution in [0.1, 0.15) is 20.8 Å². The molecule has 100 valence electrons. The van der Waals surface area contributed by atoms with Crippen molar-refractivity contribution in [3.63, 3.8) is 0 Å². The van der Waals surface area contributed by atoms with Gasteiger partial charge < -0.3 is 10.4 Å². The lowest BCUT2D eigenvalue weighted by Crippen LogP contribution is -2.40. The van der Waals surface area contributed by atoms with Crippen LogP contribution < -0.4 is 5.32 Å². The van der Waals surface area contributed by atoms with Crippen molar-refractivity contribution in [2.75, 3.05) is 11.1 Å². The minimum absolute atomic E-state index is 0.0286. The van der Waals surface area contributed by atoms with Gasteiger partial charge >= 0.3 is 5.97 Å². The average molecular weight is 271 g/mol. The van der Waals surface area contributed by atoms with E-state index in [1.54, 1.807) is 25.1 Å². The van der Waals surface area contributed by atoms with Gasteiger partial charge in [-0.25, -0.2) is 13.2 Å². The molecule has 0 radical (unpaired) electrons. The number of carbonyl (C=O) groups is 1. The van der Waals surface area contributed by atoms with E-state index in [2.05, 4.69) is 5.32 Å². The Morgan fingerprint density at radius 1 is 1.33 bits per heavy atom. The predicted molar refractivity (Wildman–Crippen MR) is 69.5 cm³/mol. The molecule has 1 rings (SSSR count). The fourth-order valence-electron chi connectivity index (χ4n) is 1.39. The summed E-state index contributed by atoms with van der Waals surface area (Å²) in [5, 5.41) is 11.8. The smallest absolute Gasteiger partial charge is 0.328 e. The molecular weight excluding hydrogens is 254 g/mol. The Morgan fingerprint density at radius 3 is 2.39 bits per heavy atom. The molecule has 0 amide bonds. The Hall–Kier alpha value is -1.56. The van der Waals surface area contributed by atoms with E-state index in [1.807, 2.05) is 0 Å². The monoisotopic (exact) mass is 271 g/mol. The van der Waals surface area contributed by atoms with Crippen molar-refractivity contribution >= 4 is 21.5 Å². The molecule has 0 fully saturated rings. The molecule has 0 heterocycles. The molecule has 0 bridgehead atoms. The molecule has 0 aliphatic rings. The number of rotatable bonds is 5. The fourth-order valence-corrected chi connectivity index (χ4v) is 2.44. The number of carboxylic acid groups (broad SMARTS) is 1. The van der Waals surface area contributed by atoms with E-state index < -0.39 is 21.3 Å². The number of sulfone groups is 1. The van der Waals surface area contributed by atoms with Gasteiger partial charge in [0.05, 0.1) is 16.3 Å². The van der Waals surface area contributed by atoms with Crippen LogP contribution in [-0.2, 0) is 14.6 Å². The predicted octanol–water partition coefficient (Wildman–Crippen LogP) is 1.76. The summed E-state index contributed by atoms with van der Waals surface area (Å²) in [6.07, 6.45) is 0. The van der Waals surface area contributed by atoms with Crippen LogP contribution in [-0.4, -0.2) is 30.8 Å². The zero-order chi connectivity index (χ0) is 14.0. The Morgan fingerprint density at radius 2 is 1.89 bits per heavy atom. The maximum atomic E-state index is 11.9. The van der Waals surface area contributed by atoms with Crippen LogP contribution in [0.25, 0.3) is 0 Å². The highest BCUT2D eigenvalue weighted by Crippen LogP contribution is 2.25. The summed E-state index contributed by atoms with van der Waals surface area (Å²) in [7, 11) is -3.38. The molecular formula is C12H17NO4S. The Bertz CT molecular complexity index is 549. The molecule has 2 N–H and O–H groups in total. The lowest BCUT2D eigenvalue weighted by molar-refractivity contribution is -0.141. The largest absolute Gasteiger partial charge is 0.480 e. The van der Waals surface area contributed by atoms with E-state index in [1.165, 1.54) is 19.9 Å². The summed E-state index contributed by atoms with van der Waals surface area (Å²) in [6, 6.07) is 6.31. The van der Waals surface area contributed by atoms with Crippen LogP contribution in [0.4, 0.5) is 5.69 Å². The van der Waals surface area contributed by atoms with E-state index in [9.17, 15) is 13.2 Å². The normalized spacial score (nSPS) is 12.2. The molecule has 0 saturated heterocycles. The van der Waals surface area contributed by atoms with Gasteiger partial charge in [0.25, 0.3) is 0 Å². The second-order valence-corrected chi connectivity index (χ2v) is 6.70. The van der Waals surface area contributed by atoms with Crippen LogP contribution in [0.15, 0.2) is 29.2 Å². The third-order valence-corrected chi connectivity index (χ3v) is 4.37. The van der Waals surface area contributed by atoms with Crippen molar-refractivity contribution in [1.29, 1.82) is 0 Å². The van der Waals surface area contributed by atoms with Gasteiger partial charge in [-0.1, -0.05) is 19.1 Å². The number of anilines is 1. The number of hydrogen-bond acceptors (Lipinski definition) is 4. The summed E-state index contributed by atoms with van der Waals surface area (Å²) < 4.78 is 23.8. The minimum Gasteiger partial charge on any atom is -0.480 e. The van der Waals surface area contributed by atoms with Gasteiger partial charge in [-0.2, -0.15) is 0 Å². The first-order valence-corrected chi connectivity index (χ1v) is 7.19. The Kier molecular flexibility index (Phi) is 4.01. The highest BCUT2D eigenvalue weighted by molar-refractivity contribution is 7.91. The molecule has 5 nitrogen and oxygen atoms in total. The summed E-state index contributed by atoms with van der Waals surface area (Å²) >= 11 is 0. The molecule has 0 spiro atoms. The summed E-state index contributed by atoms with van der Waals surface area (Å²) in [6.45, 7) is 4.50. The second-order valence-electron chi connectivity index (χ2n) is 4.45. The number of benzene rings is 1. The number of hydrogen-bond donors (Lipinski definition) is 2. The van der Waals surface area contributed by atoms with Crippen LogP contribution in [0.5, 0.6) is 0 Å². The van der Waals surface area contributed by atoms with Gasteiger partial charge in [-0.05, 0) is 26.0 Å². The number of carboxylic acids is 1. The van der Waals surface area contributed by atoms with E-state index in [0.717, 1.165) is 0 Å². The summed E-state index contributed by atoms with van der Waals surface area (Å²) in [4.78, 5) is 11.2. The molecule has 0 unspecified atom stereocenters. The topological polar surface area (TPSA) is 83.5 Å². The lowest BCUT2D eigenvalue weighted by atomic mass is 10.1. The molecule has 0 aliphatic heterocycles. The van der Waals surface area contributed by atoms with E-state index in [0.29, 0.717) is 5.69 Å². The van der Waals surface area contributed by atoms with E-state index in [-0.39, 0.29) is 10.6 Å². The highest BCUT2D eigenvalue weighted by atomic mass is 32.2. The van der Waals surface area contributed by atoms with Crippen molar-refractivity contribution < 1.29 is 18.3 Å². The van der Waals surface area contributed by atoms with Crippen molar-refractivity contribution in [1.82, 2.24) is 0 Å². The average Bonchev–Trinajstić information content (AvgIpc) is 2.29. The van der Waals surface area contributed by atoms with Crippen molar-refractivity contribution in [2.24, 2.45) is 0 Å². The standard InChI is InChI=1S/C12H17NO4S/c1-4-18(16,17)10-8-6-5-7-9(10)13-12(2,3)11(14)15/h5-8,13H,4H2,1-3H3,(H,14,15). The Balaban J connectivity index is 3.24. The Labute approximate surface area is 107 Å². The first kappa shape index (κ1) is 14.5. The minimum atomic E-state index is -3.38. The SMILES string of the molecule is CCS(=O)(=O)c1ccccc1NC(C)(C)C(=O)O. The molecule has 0 atom stereocenters. The van der Waals surface area contributed by atoms with Gasteiger partial charge in [0.2, 0.25) is 0 Å². The van der Waals surface area contributed by atoms with Crippen LogP contribution in [0.2, 0.25) is 0 Å². The van der Waals surface area contributed by atoms with E-state index >= 15 is 0 Å². The summed E-state index contributed by atoms with van der Waals surface area (Å²) in [5.41, 5.74) is -0.925. The maximum Gasteiger partial charge on any atom is 0.328 e. The molecule has 0 saturated carbocycles. The van der Waals surface area contributed by atoms with Gasteiger partial charge in [-0.15, -0.1) is 0 Å². The van der Waals surface area contributed by atoms with E-state index in [4.69, 9.17) is 5.11 Å². The fraction of sp³-hybridized carbons (Fsp3) is 0.417. The first-order chi connectivity index (χ1) is 8.20. The van der Waals surface area contributed by atoms with Crippen LogP contribution in [0, 0.1) is 0 Å². The zero-order valence-corrected chi connectivity index (χ0v) is 11.4. The highest BCUT2D eigenvalue weighted by Gasteiger charge is 2.28. The molecule has 18 heavy (non-hydrogen) atoms. The van der Waals surface area contributed by atoms with Gasteiger partial charge in [0, 0.05) is 0 Å². The van der Waals surface area contributed by atoms with Crippen LogP contribution >= 0.6 is 0 Å². The van der Waals surface area contributed by atoms with Crippen molar-refractivity contribution in [3.05, 3.63) is 24.3 Å². The van der Waals surface area contributed by atoms with Crippen molar-refractivity contribution in [3.8, 4) is 0 Å². The number of aliphatic carboxylic acids is 1. The maximum absolute atomic E-state index is 11.9. The van der Waals surface area contributed by atoms with Gasteiger partial charge in [0.1, 0.15) is 5.54 Å². The van der Waals surface area contributed by atoms with Crippen LogP contribution in [0.3, 0.4) is 0 Å². The van der Waals surface area contributed by atoms with Gasteiger partial charge in [-0.3, -0.25) is 0 Å². The third kappa shape index (κ3) is 3.01.